The van der Waals surface area contributed by atoms with Crippen LogP contribution in [0.3, 0.4) is 0 Å². The number of carbonyl (C=O) groups excluding carboxylic acids is 1. The van der Waals surface area contributed by atoms with Crippen LogP contribution in [0.2, 0.25) is 5.02 Å². The van der Waals surface area contributed by atoms with Gasteiger partial charge < -0.3 is 10.6 Å². The summed E-state index contributed by atoms with van der Waals surface area (Å²) in [6, 6.07) is 7.25. The molecule has 0 saturated carbocycles. The smallest absolute Gasteiger partial charge is 0.241 e. The van der Waals surface area contributed by atoms with E-state index in [4.69, 9.17) is 11.6 Å². The number of amides is 1. The Hall–Kier alpha value is -1.65. The van der Waals surface area contributed by atoms with Gasteiger partial charge in [0.25, 0.3) is 0 Å². The van der Waals surface area contributed by atoms with E-state index in [9.17, 15) is 4.79 Å². The van der Waals surface area contributed by atoms with Gasteiger partial charge in [-0.3, -0.25) is 9.78 Å². The maximum absolute atomic E-state index is 12.1. The van der Waals surface area contributed by atoms with Crippen molar-refractivity contribution in [3.8, 4) is 0 Å². The molecular formula is C14H14ClN3O. The van der Waals surface area contributed by atoms with Gasteiger partial charge in [-0.2, -0.15) is 0 Å². The van der Waals surface area contributed by atoms with E-state index in [2.05, 4.69) is 15.6 Å². The van der Waals surface area contributed by atoms with Gasteiger partial charge in [0.1, 0.15) is 0 Å². The molecular weight excluding hydrogens is 262 g/mol. The molecule has 1 aliphatic rings. The number of aromatic nitrogens is 1. The van der Waals surface area contributed by atoms with Crippen LogP contribution in [0.15, 0.2) is 30.5 Å². The number of benzene rings is 1. The zero-order chi connectivity index (χ0) is 13.2. The average Bonchev–Trinajstić information content (AvgIpc) is 2.92. The van der Waals surface area contributed by atoms with Gasteiger partial charge in [-0.1, -0.05) is 17.7 Å². The highest BCUT2D eigenvalue weighted by Crippen LogP contribution is 2.26. The van der Waals surface area contributed by atoms with Crippen LogP contribution in [0.4, 0.5) is 5.69 Å². The number of hydrogen-bond donors (Lipinski definition) is 2. The van der Waals surface area contributed by atoms with E-state index in [1.54, 1.807) is 12.3 Å². The molecule has 1 atom stereocenters. The maximum atomic E-state index is 12.1. The predicted octanol–water partition coefficient (Wildman–Crippen LogP) is 2.58. The number of hydrogen-bond acceptors (Lipinski definition) is 3. The Kier molecular flexibility index (Phi) is 3.36. The van der Waals surface area contributed by atoms with Gasteiger partial charge in [-0.15, -0.1) is 0 Å². The number of carbonyl (C=O) groups is 1. The van der Waals surface area contributed by atoms with Gasteiger partial charge in [0.05, 0.1) is 17.2 Å². The molecule has 1 aliphatic heterocycles. The number of rotatable bonds is 2. The quantitative estimate of drug-likeness (QED) is 0.886. The van der Waals surface area contributed by atoms with Gasteiger partial charge in [0, 0.05) is 16.6 Å². The third-order valence-electron chi connectivity index (χ3n) is 3.30. The monoisotopic (exact) mass is 275 g/mol. The SMILES string of the molecule is O=C(Nc1cc(Cl)cc2cccnc12)C1CCCN1. The van der Waals surface area contributed by atoms with Crippen LogP contribution < -0.4 is 10.6 Å². The van der Waals surface area contributed by atoms with Gasteiger partial charge >= 0.3 is 0 Å². The van der Waals surface area contributed by atoms with E-state index in [0.717, 1.165) is 30.3 Å². The Morgan fingerprint density at radius 2 is 2.37 bits per heavy atom. The van der Waals surface area contributed by atoms with Crippen molar-refractivity contribution in [2.75, 3.05) is 11.9 Å². The lowest BCUT2D eigenvalue weighted by molar-refractivity contribution is -0.117. The van der Waals surface area contributed by atoms with Gasteiger partial charge in [-0.05, 0) is 37.6 Å². The third-order valence-corrected chi connectivity index (χ3v) is 3.52. The number of anilines is 1. The molecule has 1 unspecified atom stereocenters. The predicted molar refractivity (Wildman–Crippen MR) is 76.4 cm³/mol. The first kappa shape index (κ1) is 12.4. The first-order valence-corrected chi connectivity index (χ1v) is 6.70. The first-order valence-electron chi connectivity index (χ1n) is 6.32. The van der Waals surface area contributed by atoms with Gasteiger partial charge in [0.2, 0.25) is 5.91 Å². The zero-order valence-electron chi connectivity index (χ0n) is 10.3. The molecule has 0 aliphatic carbocycles. The summed E-state index contributed by atoms with van der Waals surface area (Å²) in [6.45, 7) is 0.895. The van der Waals surface area contributed by atoms with Crippen molar-refractivity contribution in [3.05, 3.63) is 35.5 Å². The fraction of sp³-hybridized carbons (Fsp3) is 0.286. The van der Waals surface area contributed by atoms with Crippen LogP contribution >= 0.6 is 11.6 Å². The molecule has 4 nitrogen and oxygen atoms in total. The molecule has 2 heterocycles. The average molecular weight is 276 g/mol. The Morgan fingerprint density at radius 3 is 3.16 bits per heavy atom. The molecule has 3 rings (SSSR count). The Bertz CT molecular complexity index is 623. The Balaban J connectivity index is 1.93. The highest BCUT2D eigenvalue weighted by molar-refractivity contribution is 6.32. The molecule has 1 aromatic carbocycles. The topological polar surface area (TPSA) is 54.0 Å². The molecule has 1 fully saturated rings. The molecule has 1 amide bonds. The second-order valence-electron chi connectivity index (χ2n) is 4.67. The number of nitrogens with one attached hydrogen (secondary N) is 2. The summed E-state index contributed by atoms with van der Waals surface area (Å²) >= 11 is 6.07. The van der Waals surface area contributed by atoms with Crippen molar-refractivity contribution in [2.24, 2.45) is 0 Å². The number of fused-ring (bicyclic) bond motifs is 1. The van der Waals surface area contributed by atoms with Crippen LogP contribution in [0.1, 0.15) is 12.8 Å². The van der Waals surface area contributed by atoms with Crippen LogP contribution in [0.5, 0.6) is 0 Å². The zero-order valence-corrected chi connectivity index (χ0v) is 11.1. The summed E-state index contributed by atoms with van der Waals surface area (Å²) in [4.78, 5) is 16.4. The minimum Gasteiger partial charge on any atom is -0.323 e. The standard InChI is InChI=1S/C14H14ClN3O/c15-10-7-9-3-1-6-17-13(9)12(8-10)18-14(19)11-4-2-5-16-11/h1,3,6-8,11,16H,2,4-5H2,(H,18,19). The van der Waals surface area contributed by atoms with E-state index >= 15 is 0 Å². The maximum Gasteiger partial charge on any atom is 0.241 e. The van der Waals surface area contributed by atoms with Gasteiger partial charge in [0.15, 0.2) is 0 Å². The first-order chi connectivity index (χ1) is 9.24. The second-order valence-corrected chi connectivity index (χ2v) is 5.10. The largest absolute Gasteiger partial charge is 0.323 e. The number of nitrogens with zero attached hydrogens (tertiary/aromatic N) is 1. The summed E-state index contributed by atoms with van der Waals surface area (Å²) in [5.41, 5.74) is 1.43. The van der Waals surface area contributed by atoms with Crippen molar-refractivity contribution in [3.63, 3.8) is 0 Å². The van der Waals surface area contributed by atoms with Crippen LogP contribution in [0, 0.1) is 0 Å². The lowest BCUT2D eigenvalue weighted by Gasteiger charge is -2.12. The third kappa shape index (κ3) is 2.55. The molecule has 1 saturated heterocycles. The summed E-state index contributed by atoms with van der Waals surface area (Å²) in [5, 5.41) is 7.61. The van der Waals surface area contributed by atoms with Crippen LogP contribution in [-0.4, -0.2) is 23.5 Å². The van der Waals surface area contributed by atoms with E-state index in [-0.39, 0.29) is 11.9 Å². The van der Waals surface area contributed by atoms with Crippen molar-refractivity contribution >= 4 is 34.1 Å². The highest BCUT2D eigenvalue weighted by Gasteiger charge is 2.22. The van der Waals surface area contributed by atoms with Crippen molar-refractivity contribution in [2.45, 2.75) is 18.9 Å². The lowest BCUT2D eigenvalue weighted by Crippen LogP contribution is -2.35. The van der Waals surface area contributed by atoms with E-state index in [0.29, 0.717) is 10.7 Å². The minimum atomic E-state index is -0.113. The second kappa shape index (κ2) is 5.15. The highest BCUT2D eigenvalue weighted by atomic mass is 35.5. The molecule has 0 radical (unpaired) electrons. The Morgan fingerprint density at radius 1 is 1.47 bits per heavy atom. The summed E-state index contributed by atoms with van der Waals surface area (Å²) in [5.74, 6) is -0.0216. The van der Waals surface area contributed by atoms with E-state index in [1.165, 1.54) is 0 Å². The van der Waals surface area contributed by atoms with Crippen molar-refractivity contribution in [1.29, 1.82) is 0 Å². The molecule has 5 heteroatoms. The van der Waals surface area contributed by atoms with Crippen LogP contribution in [-0.2, 0) is 4.79 Å². The summed E-state index contributed by atoms with van der Waals surface area (Å²) in [6.07, 6.45) is 3.62. The fourth-order valence-electron chi connectivity index (χ4n) is 2.38. The molecule has 2 N–H and O–H groups in total. The molecule has 2 aromatic rings. The number of pyridine rings is 1. The van der Waals surface area contributed by atoms with E-state index in [1.807, 2.05) is 18.2 Å². The van der Waals surface area contributed by atoms with Gasteiger partial charge in [-0.25, -0.2) is 0 Å². The van der Waals surface area contributed by atoms with E-state index < -0.39 is 0 Å². The number of halogens is 1. The summed E-state index contributed by atoms with van der Waals surface area (Å²) in [7, 11) is 0. The fourth-order valence-corrected chi connectivity index (χ4v) is 2.61. The lowest BCUT2D eigenvalue weighted by atomic mass is 10.1. The summed E-state index contributed by atoms with van der Waals surface area (Å²) < 4.78 is 0. The van der Waals surface area contributed by atoms with Crippen molar-refractivity contribution in [1.82, 2.24) is 10.3 Å². The molecule has 0 bridgehead atoms. The molecule has 19 heavy (non-hydrogen) atoms. The molecule has 0 spiro atoms. The van der Waals surface area contributed by atoms with Crippen molar-refractivity contribution < 1.29 is 4.79 Å². The minimum absolute atomic E-state index is 0.0216. The normalized spacial score (nSPS) is 18.7. The molecule has 98 valence electrons. The Labute approximate surface area is 116 Å². The van der Waals surface area contributed by atoms with Crippen LogP contribution in [0.25, 0.3) is 10.9 Å². The molecule has 1 aromatic heterocycles.